The maximum Gasteiger partial charge on any atom is 0.152 e. The molecule has 1 aliphatic heterocycles. The Morgan fingerprint density at radius 2 is 1.76 bits per heavy atom. The maximum atomic E-state index is 13.8. The summed E-state index contributed by atoms with van der Waals surface area (Å²) in [6, 6.07) is 6.31. The van der Waals surface area contributed by atoms with Gasteiger partial charge in [0.05, 0.1) is 0 Å². The van der Waals surface area contributed by atoms with Crippen LogP contribution >= 0.6 is 0 Å². The Labute approximate surface area is 123 Å². The Morgan fingerprint density at radius 1 is 1.05 bits per heavy atom. The minimum Gasteiger partial charge on any atom is -0.354 e. The highest BCUT2D eigenvalue weighted by molar-refractivity contribution is 5.81. The highest BCUT2D eigenvalue weighted by Crippen LogP contribution is 2.22. The second-order valence-electron chi connectivity index (χ2n) is 5.75. The molecule has 3 nitrogen and oxygen atoms in total. The minimum absolute atomic E-state index is 0.236. The van der Waals surface area contributed by atoms with E-state index < -0.39 is 11.6 Å². The van der Waals surface area contributed by atoms with E-state index in [0.29, 0.717) is 11.4 Å². The normalized spacial score (nSPS) is 16.9. The van der Waals surface area contributed by atoms with Crippen LogP contribution in [0, 0.1) is 11.6 Å². The quantitative estimate of drug-likeness (QED) is 0.848. The van der Waals surface area contributed by atoms with Crippen LogP contribution in [0.4, 0.5) is 14.6 Å². The van der Waals surface area contributed by atoms with Crippen LogP contribution in [0.15, 0.2) is 24.3 Å². The average Bonchev–Trinajstić information content (AvgIpc) is 2.47. The van der Waals surface area contributed by atoms with Crippen molar-refractivity contribution >= 4 is 16.7 Å². The van der Waals surface area contributed by atoms with E-state index in [4.69, 9.17) is 0 Å². The molecule has 3 rings (SSSR count). The van der Waals surface area contributed by atoms with Crippen molar-refractivity contribution in [3.63, 3.8) is 0 Å². The third kappa shape index (κ3) is 2.83. The lowest BCUT2D eigenvalue weighted by molar-refractivity contribution is 0.209. The van der Waals surface area contributed by atoms with Gasteiger partial charge >= 0.3 is 0 Å². The fourth-order valence-electron chi connectivity index (χ4n) is 2.79. The van der Waals surface area contributed by atoms with Crippen molar-refractivity contribution in [2.75, 3.05) is 31.1 Å². The van der Waals surface area contributed by atoms with E-state index in [-0.39, 0.29) is 5.52 Å². The maximum absolute atomic E-state index is 13.8. The van der Waals surface area contributed by atoms with Gasteiger partial charge in [0.1, 0.15) is 17.2 Å². The number of piperazine rings is 1. The summed E-state index contributed by atoms with van der Waals surface area (Å²) in [4.78, 5) is 8.94. The summed E-state index contributed by atoms with van der Waals surface area (Å²) < 4.78 is 27.0. The number of hydrogen-bond acceptors (Lipinski definition) is 3. The van der Waals surface area contributed by atoms with E-state index in [1.54, 1.807) is 6.07 Å². The topological polar surface area (TPSA) is 19.4 Å². The van der Waals surface area contributed by atoms with Gasteiger partial charge in [0.2, 0.25) is 0 Å². The molecule has 21 heavy (non-hydrogen) atoms. The molecule has 0 radical (unpaired) electrons. The van der Waals surface area contributed by atoms with Gasteiger partial charge in [-0.1, -0.05) is 0 Å². The lowest BCUT2D eigenvalue weighted by Gasteiger charge is -2.37. The molecule has 1 aromatic heterocycles. The summed E-state index contributed by atoms with van der Waals surface area (Å²) in [6.07, 6.45) is 0. The van der Waals surface area contributed by atoms with Gasteiger partial charge in [-0.25, -0.2) is 13.8 Å². The number of anilines is 1. The van der Waals surface area contributed by atoms with Gasteiger partial charge in [0.25, 0.3) is 0 Å². The molecule has 0 spiro atoms. The number of pyridine rings is 1. The van der Waals surface area contributed by atoms with Crippen LogP contribution in [0.25, 0.3) is 10.9 Å². The zero-order valence-corrected chi connectivity index (χ0v) is 12.3. The van der Waals surface area contributed by atoms with Crippen molar-refractivity contribution in [3.8, 4) is 0 Å². The van der Waals surface area contributed by atoms with E-state index in [1.165, 1.54) is 6.07 Å². The van der Waals surface area contributed by atoms with Crippen LogP contribution in [0.1, 0.15) is 13.8 Å². The van der Waals surface area contributed by atoms with Crippen LogP contribution in [0.2, 0.25) is 0 Å². The first kappa shape index (κ1) is 14.2. The first-order valence-corrected chi connectivity index (χ1v) is 7.29. The second kappa shape index (κ2) is 5.56. The van der Waals surface area contributed by atoms with Gasteiger partial charge in [-0.2, -0.15) is 0 Å². The van der Waals surface area contributed by atoms with Crippen molar-refractivity contribution in [1.29, 1.82) is 0 Å². The van der Waals surface area contributed by atoms with Gasteiger partial charge in [-0.05, 0) is 32.0 Å². The summed E-state index contributed by atoms with van der Waals surface area (Å²) in [7, 11) is 0. The Balaban J connectivity index is 1.85. The number of fused-ring (bicyclic) bond motifs is 1. The number of nitrogens with zero attached hydrogens (tertiary/aromatic N) is 3. The Bertz CT molecular complexity index is 649. The first-order valence-electron chi connectivity index (χ1n) is 7.29. The minimum atomic E-state index is -0.604. The highest BCUT2D eigenvalue weighted by atomic mass is 19.1. The number of halogens is 2. The lowest BCUT2D eigenvalue weighted by atomic mass is 10.2. The Hall–Kier alpha value is -1.75. The molecule has 0 bridgehead atoms. The van der Waals surface area contributed by atoms with Crippen molar-refractivity contribution in [1.82, 2.24) is 9.88 Å². The summed E-state index contributed by atoms with van der Waals surface area (Å²) in [5, 5.41) is 0.497. The van der Waals surface area contributed by atoms with Gasteiger partial charge in [0, 0.05) is 43.7 Å². The predicted molar refractivity (Wildman–Crippen MR) is 80.6 cm³/mol. The third-order valence-corrected chi connectivity index (χ3v) is 4.06. The monoisotopic (exact) mass is 291 g/mol. The van der Waals surface area contributed by atoms with E-state index in [1.807, 2.05) is 6.07 Å². The molecule has 0 unspecified atom stereocenters. The molecule has 112 valence electrons. The molecular formula is C16H19F2N3. The van der Waals surface area contributed by atoms with Crippen molar-refractivity contribution < 1.29 is 8.78 Å². The molecule has 0 atom stereocenters. The first-order chi connectivity index (χ1) is 10.0. The summed E-state index contributed by atoms with van der Waals surface area (Å²) in [5.74, 6) is -0.413. The molecule has 2 heterocycles. The SMILES string of the molecule is CC(C)N1CCN(c2ccc3cc(F)cc(F)c3n2)CC1. The summed E-state index contributed by atoms with van der Waals surface area (Å²) in [6.45, 7) is 8.08. The van der Waals surface area contributed by atoms with Crippen LogP contribution in [0.5, 0.6) is 0 Å². The average molecular weight is 291 g/mol. The smallest absolute Gasteiger partial charge is 0.152 e. The number of hydrogen-bond donors (Lipinski definition) is 0. The molecule has 1 saturated heterocycles. The van der Waals surface area contributed by atoms with Crippen LogP contribution < -0.4 is 4.90 Å². The van der Waals surface area contributed by atoms with E-state index in [2.05, 4.69) is 28.6 Å². The van der Waals surface area contributed by atoms with E-state index in [9.17, 15) is 8.78 Å². The molecule has 0 aliphatic carbocycles. The molecule has 1 aromatic carbocycles. The van der Waals surface area contributed by atoms with Gasteiger partial charge in [-0.15, -0.1) is 0 Å². The lowest BCUT2D eigenvalue weighted by Crippen LogP contribution is -2.49. The molecular weight excluding hydrogens is 272 g/mol. The third-order valence-electron chi connectivity index (χ3n) is 4.06. The van der Waals surface area contributed by atoms with E-state index in [0.717, 1.165) is 38.1 Å². The number of benzene rings is 1. The van der Waals surface area contributed by atoms with Crippen molar-refractivity contribution in [2.45, 2.75) is 19.9 Å². The molecule has 1 aliphatic rings. The molecule has 2 aromatic rings. The number of rotatable bonds is 2. The summed E-state index contributed by atoms with van der Waals surface area (Å²) in [5.41, 5.74) is 0.236. The van der Waals surface area contributed by atoms with E-state index >= 15 is 0 Å². The Kier molecular flexibility index (Phi) is 3.76. The predicted octanol–water partition coefficient (Wildman–Crippen LogP) is 3.04. The number of aromatic nitrogens is 1. The molecule has 0 amide bonds. The zero-order chi connectivity index (χ0) is 15.0. The van der Waals surface area contributed by atoms with Crippen LogP contribution in [-0.4, -0.2) is 42.1 Å². The standard InChI is InChI=1S/C16H19F2N3/c1-11(2)20-5-7-21(8-6-20)15-4-3-12-9-13(17)10-14(18)16(12)19-15/h3-4,9-11H,5-8H2,1-2H3. The fourth-order valence-corrected chi connectivity index (χ4v) is 2.79. The van der Waals surface area contributed by atoms with Crippen molar-refractivity contribution in [3.05, 3.63) is 35.9 Å². The van der Waals surface area contributed by atoms with Gasteiger partial charge < -0.3 is 4.90 Å². The molecule has 0 N–H and O–H groups in total. The van der Waals surface area contributed by atoms with Gasteiger partial charge in [-0.3, -0.25) is 4.90 Å². The molecule has 0 saturated carbocycles. The largest absolute Gasteiger partial charge is 0.354 e. The fraction of sp³-hybridized carbons (Fsp3) is 0.438. The molecule has 5 heteroatoms. The Morgan fingerprint density at radius 3 is 2.43 bits per heavy atom. The molecule has 1 fully saturated rings. The van der Waals surface area contributed by atoms with Crippen molar-refractivity contribution in [2.24, 2.45) is 0 Å². The van der Waals surface area contributed by atoms with Gasteiger partial charge in [0.15, 0.2) is 5.82 Å². The second-order valence-corrected chi connectivity index (χ2v) is 5.75. The zero-order valence-electron chi connectivity index (χ0n) is 12.3. The van der Waals surface area contributed by atoms with Crippen LogP contribution in [-0.2, 0) is 0 Å². The summed E-state index contributed by atoms with van der Waals surface area (Å²) >= 11 is 0. The highest BCUT2D eigenvalue weighted by Gasteiger charge is 2.20. The van der Waals surface area contributed by atoms with Crippen LogP contribution in [0.3, 0.4) is 0 Å².